The van der Waals surface area contributed by atoms with E-state index < -0.39 is 0 Å². The Hall–Kier alpha value is -2.77. The highest BCUT2D eigenvalue weighted by molar-refractivity contribution is 5.97. The number of benzene rings is 2. The molecule has 7 heteroatoms. The number of piperidine rings is 1. The molecule has 0 aliphatic carbocycles. The van der Waals surface area contributed by atoms with Crippen LogP contribution in [0.15, 0.2) is 42.5 Å². The average molecular weight is 483 g/mol. The van der Waals surface area contributed by atoms with E-state index in [-0.39, 0.29) is 12.0 Å². The fourth-order valence-electron chi connectivity index (χ4n) is 5.27. The molecule has 0 unspecified atom stereocenters. The molecule has 2 bridgehead atoms. The summed E-state index contributed by atoms with van der Waals surface area (Å²) >= 11 is 0. The molecule has 4 rings (SSSR count). The van der Waals surface area contributed by atoms with Gasteiger partial charge < -0.3 is 23.8 Å². The number of rotatable bonds is 5. The number of hydrogen-bond acceptors (Lipinski definition) is 6. The van der Waals surface area contributed by atoms with Crippen LogP contribution in [0.3, 0.4) is 0 Å². The van der Waals surface area contributed by atoms with Gasteiger partial charge in [0.15, 0.2) is 0 Å². The number of nitrogens with zero attached hydrogens (tertiary/aromatic N) is 2. The summed E-state index contributed by atoms with van der Waals surface area (Å²) in [5.41, 5.74) is 1.73. The predicted octanol–water partition coefficient (Wildman–Crippen LogP) is 4.25. The largest absolute Gasteiger partial charge is 0.497 e. The maximum atomic E-state index is 13.4. The summed E-state index contributed by atoms with van der Waals surface area (Å²) in [6.07, 6.45) is 4.30. The normalized spacial score (nSPS) is 22.0. The molecule has 190 valence electrons. The molecule has 2 aliphatic heterocycles. The van der Waals surface area contributed by atoms with Gasteiger partial charge in [-0.1, -0.05) is 18.6 Å². The van der Waals surface area contributed by atoms with Gasteiger partial charge >= 0.3 is 0 Å². The molecule has 1 amide bonds. The van der Waals surface area contributed by atoms with E-state index in [0.717, 1.165) is 75.5 Å². The maximum absolute atomic E-state index is 13.4. The number of hydrogen-bond donors (Lipinski definition) is 0. The lowest BCUT2D eigenvalue weighted by molar-refractivity contribution is -0.00702. The first-order valence-electron chi connectivity index (χ1n) is 12.6. The molecule has 1 saturated heterocycles. The first-order valence-corrected chi connectivity index (χ1v) is 12.6. The number of carbonyl (C=O) groups is 1. The third-order valence-electron chi connectivity index (χ3n) is 7.22. The molecular weight excluding hydrogens is 444 g/mol. The third-order valence-corrected chi connectivity index (χ3v) is 7.22. The van der Waals surface area contributed by atoms with E-state index in [2.05, 4.69) is 4.90 Å². The summed E-state index contributed by atoms with van der Waals surface area (Å²) in [7, 11) is 5.17. The van der Waals surface area contributed by atoms with Crippen molar-refractivity contribution in [1.82, 2.24) is 9.80 Å². The number of para-hydroxylation sites is 1. The first-order chi connectivity index (χ1) is 17.1. The number of carbonyl (C=O) groups excluding carboxylic acids is 1. The lowest BCUT2D eigenvalue weighted by atomic mass is 9.89. The van der Waals surface area contributed by atoms with Crippen molar-refractivity contribution in [3.05, 3.63) is 53.6 Å². The molecule has 0 saturated carbocycles. The zero-order valence-electron chi connectivity index (χ0n) is 21.2. The predicted molar refractivity (Wildman–Crippen MR) is 135 cm³/mol. The summed E-state index contributed by atoms with van der Waals surface area (Å²) in [5, 5.41) is 0. The number of ether oxygens (including phenoxy) is 4. The Morgan fingerprint density at radius 1 is 0.971 bits per heavy atom. The molecule has 2 aromatic rings. The van der Waals surface area contributed by atoms with Gasteiger partial charge in [-0.15, -0.1) is 0 Å². The molecule has 2 atom stereocenters. The van der Waals surface area contributed by atoms with Crippen LogP contribution < -0.4 is 14.2 Å². The quantitative estimate of drug-likeness (QED) is 0.635. The van der Waals surface area contributed by atoms with Crippen molar-refractivity contribution in [2.24, 2.45) is 5.92 Å². The molecule has 0 radical (unpaired) electrons. The van der Waals surface area contributed by atoms with Gasteiger partial charge in [0, 0.05) is 44.8 Å². The molecule has 0 aromatic heterocycles. The molecule has 2 aromatic carbocycles. The second kappa shape index (κ2) is 12.3. The number of methoxy groups -OCH3 is 3. The first kappa shape index (κ1) is 25.3. The van der Waals surface area contributed by atoms with E-state index in [1.54, 1.807) is 21.3 Å². The van der Waals surface area contributed by atoms with Crippen molar-refractivity contribution in [2.75, 3.05) is 54.1 Å². The van der Waals surface area contributed by atoms with Crippen molar-refractivity contribution in [3.8, 4) is 17.2 Å². The number of fused-ring (bicyclic) bond motifs is 3. The smallest absolute Gasteiger partial charge is 0.257 e. The minimum Gasteiger partial charge on any atom is -0.497 e. The Bertz CT molecular complexity index is 982. The molecule has 0 N–H and O–H groups in total. The molecule has 7 nitrogen and oxygen atoms in total. The fourth-order valence-corrected chi connectivity index (χ4v) is 5.27. The summed E-state index contributed by atoms with van der Waals surface area (Å²) in [4.78, 5) is 17.8. The lowest BCUT2D eigenvalue weighted by Crippen LogP contribution is -2.46. The third kappa shape index (κ3) is 6.27. The Morgan fingerprint density at radius 3 is 2.63 bits per heavy atom. The second-order valence-electron chi connectivity index (χ2n) is 9.37. The molecule has 2 heterocycles. The van der Waals surface area contributed by atoms with Crippen LogP contribution >= 0.6 is 0 Å². The van der Waals surface area contributed by atoms with Gasteiger partial charge in [0.25, 0.3) is 5.91 Å². The van der Waals surface area contributed by atoms with E-state index >= 15 is 0 Å². The maximum Gasteiger partial charge on any atom is 0.257 e. The molecule has 1 fully saturated rings. The van der Waals surface area contributed by atoms with Gasteiger partial charge in [0.05, 0.1) is 25.9 Å². The zero-order valence-corrected chi connectivity index (χ0v) is 21.2. The number of amides is 1. The van der Waals surface area contributed by atoms with Crippen molar-refractivity contribution in [2.45, 2.75) is 38.3 Å². The van der Waals surface area contributed by atoms with Crippen molar-refractivity contribution >= 4 is 5.91 Å². The fraction of sp³-hybridized carbons (Fsp3) is 0.536. The van der Waals surface area contributed by atoms with Crippen LogP contribution in [0.1, 0.15) is 41.6 Å². The topological polar surface area (TPSA) is 60.5 Å². The van der Waals surface area contributed by atoms with E-state index in [1.165, 1.54) is 0 Å². The van der Waals surface area contributed by atoms with Crippen LogP contribution in [-0.2, 0) is 11.3 Å². The van der Waals surface area contributed by atoms with Crippen LogP contribution in [0, 0.1) is 5.92 Å². The Labute approximate surface area is 208 Å². The monoisotopic (exact) mass is 482 g/mol. The van der Waals surface area contributed by atoms with E-state index in [9.17, 15) is 4.79 Å². The highest BCUT2D eigenvalue weighted by atomic mass is 16.5. The summed E-state index contributed by atoms with van der Waals surface area (Å²) in [6.45, 7) is 4.40. The molecular formula is C28H38N2O5. The Kier molecular flexibility index (Phi) is 8.88. The van der Waals surface area contributed by atoms with Crippen molar-refractivity contribution in [1.29, 1.82) is 0 Å². The van der Waals surface area contributed by atoms with E-state index in [1.807, 2.05) is 47.4 Å². The lowest BCUT2D eigenvalue weighted by Gasteiger charge is -2.38. The van der Waals surface area contributed by atoms with Gasteiger partial charge in [-0.2, -0.15) is 0 Å². The van der Waals surface area contributed by atoms with Crippen molar-refractivity contribution in [3.63, 3.8) is 0 Å². The average Bonchev–Trinajstić information content (AvgIpc) is 2.90. The standard InChI is InChI=1S/C28H38N2O5/c1-32-23-11-12-25(33-2)22(18-23)19-29-14-7-6-8-21-20-30(15-13-26(21)34-3)28(31)24-9-4-5-10-27(24)35-17-16-29/h4-5,9-12,18,21,26H,6-8,13-17,19-20H2,1-3H3/t21-,26+/m1/s1. The van der Waals surface area contributed by atoms with Crippen LogP contribution in [0.4, 0.5) is 0 Å². The van der Waals surface area contributed by atoms with Crippen LogP contribution in [0.25, 0.3) is 0 Å². The highest BCUT2D eigenvalue weighted by Gasteiger charge is 2.32. The van der Waals surface area contributed by atoms with Gasteiger partial charge in [0.2, 0.25) is 0 Å². The SMILES string of the molecule is COc1ccc(OC)c(CN2CCCC[C@@H]3CN(CC[C@@H]3OC)C(=O)c3ccccc3OCC2)c1. The second-order valence-corrected chi connectivity index (χ2v) is 9.37. The van der Waals surface area contributed by atoms with E-state index in [0.29, 0.717) is 23.8 Å². The molecule has 0 spiro atoms. The van der Waals surface area contributed by atoms with E-state index in [4.69, 9.17) is 18.9 Å². The molecule has 35 heavy (non-hydrogen) atoms. The van der Waals surface area contributed by atoms with Gasteiger partial charge in [-0.25, -0.2) is 0 Å². The minimum atomic E-state index is 0.0511. The molecule has 2 aliphatic rings. The minimum absolute atomic E-state index is 0.0511. The van der Waals surface area contributed by atoms with Crippen molar-refractivity contribution < 1.29 is 23.7 Å². The van der Waals surface area contributed by atoms with Crippen LogP contribution in [0.5, 0.6) is 17.2 Å². The Morgan fingerprint density at radius 2 is 1.83 bits per heavy atom. The zero-order chi connectivity index (χ0) is 24.6. The van der Waals surface area contributed by atoms with Gasteiger partial charge in [-0.05, 0) is 56.1 Å². The van der Waals surface area contributed by atoms with Gasteiger partial charge in [-0.3, -0.25) is 9.69 Å². The summed E-state index contributed by atoms with van der Waals surface area (Å²) in [6, 6.07) is 13.5. The summed E-state index contributed by atoms with van der Waals surface area (Å²) in [5.74, 6) is 2.72. The highest BCUT2D eigenvalue weighted by Crippen LogP contribution is 2.29. The summed E-state index contributed by atoms with van der Waals surface area (Å²) < 4.78 is 23.0. The van der Waals surface area contributed by atoms with Crippen LogP contribution in [-0.4, -0.2) is 75.9 Å². The van der Waals surface area contributed by atoms with Crippen LogP contribution in [0.2, 0.25) is 0 Å². The Balaban J connectivity index is 1.55. The van der Waals surface area contributed by atoms with Gasteiger partial charge in [0.1, 0.15) is 23.9 Å².